The van der Waals surface area contributed by atoms with Gasteiger partial charge in [0.1, 0.15) is 23.9 Å². The predicted octanol–water partition coefficient (Wildman–Crippen LogP) is 6.18. The molecule has 7 nitrogen and oxygen atoms in total. The third-order valence-corrected chi connectivity index (χ3v) is 13.6. The highest BCUT2D eigenvalue weighted by atomic mass is 32.1. The summed E-state index contributed by atoms with van der Waals surface area (Å²) in [6.07, 6.45) is 6.55. The number of fused-ring (bicyclic) bond motifs is 3. The Balaban J connectivity index is 1.26. The number of aromatic nitrogens is 3. The van der Waals surface area contributed by atoms with Gasteiger partial charge in [0.05, 0.1) is 17.5 Å². The first-order chi connectivity index (χ1) is 17.6. The van der Waals surface area contributed by atoms with Crippen molar-refractivity contribution in [1.29, 1.82) is 0 Å². The van der Waals surface area contributed by atoms with E-state index in [9.17, 15) is 0 Å². The van der Waals surface area contributed by atoms with Crippen LogP contribution in [0, 0.1) is 5.92 Å². The number of ether oxygens (including phenoxy) is 2. The molecule has 5 atom stereocenters. The van der Waals surface area contributed by atoms with Crippen LogP contribution >= 0.6 is 12.2 Å². The second-order valence-corrected chi connectivity index (χ2v) is 17.3. The number of anilines is 1. The molecular formula is C28H36N4O3SSi. The van der Waals surface area contributed by atoms with Gasteiger partial charge in [-0.25, -0.2) is 9.97 Å². The summed E-state index contributed by atoms with van der Waals surface area (Å²) in [4.78, 5) is 9.33. The zero-order valence-electron chi connectivity index (χ0n) is 22.2. The molecule has 1 N–H and O–H groups in total. The molecule has 1 saturated carbocycles. The van der Waals surface area contributed by atoms with Gasteiger partial charge in [-0.2, -0.15) is 0 Å². The van der Waals surface area contributed by atoms with Gasteiger partial charge in [0, 0.05) is 30.9 Å². The number of rotatable bonds is 6. The number of benzene rings is 1. The van der Waals surface area contributed by atoms with E-state index in [1.54, 1.807) is 6.33 Å². The molecule has 3 aromatic rings. The molecule has 3 heterocycles. The minimum atomic E-state index is -1.88. The van der Waals surface area contributed by atoms with E-state index in [4.69, 9.17) is 31.1 Å². The molecular weight excluding hydrogens is 500 g/mol. The lowest BCUT2D eigenvalue weighted by molar-refractivity contribution is 0.105. The first-order valence-corrected chi connectivity index (χ1v) is 16.6. The summed E-state index contributed by atoms with van der Waals surface area (Å²) in [5.74, 6) is 1.08. The molecule has 37 heavy (non-hydrogen) atoms. The van der Waals surface area contributed by atoms with Gasteiger partial charge in [0.15, 0.2) is 14.4 Å². The summed E-state index contributed by atoms with van der Waals surface area (Å²) in [6.45, 7) is 12.0. The lowest BCUT2D eigenvalue weighted by Crippen LogP contribution is -2.42. The Morgan fingerprint density at radius 2 is 1.92 bits per heavy atom. The van der Waals surface area contributed by atoms with Gasteiger partial charge in [-0.15, -0.1) is 0 Å². The van der Waals surface area contributed by atoms with Crippen LogP contribution in [0.25, 0.3) is 11.0 Å². The maximum absolute atomic E-state index is 6.61. The largest absolute Gasteiger partial charge is 0.449 e. The third-order valence-electron chi connectivity index (χ3n) is 8.95. The maximum atomic E-state index is 6.61. The molecule has 0 spiro atoms. The van der Waals surface area contributed by atoms with Gasteiger partial charge >= 0.3 is 5.24 Å². The molecule has 2 fully saturated rings. The smallest absolute Gasteiger partial charge is 0.353 e. The van der Waals surface area contributed by atoms with Crippen molar-refractivity contribution >= 4 is 42.6 Å². The number of hydrogen-bond acceptors (Lipinski definition) is 7. The topological polar surface area (TPSA) is 70.4 Å². The van der Waals surface area contributed by atoms with Gasteiger partial charge in [0.2, 0.25) is 0 Å². The Labute approximate surface area is 225 Å². The van der Waals surface area contributed by atoms with Crippen LogP contribution < -0.4 is 5.32 Å². The fourth-order valence-electron chi connectivity index (χ4n) is 5.82. The highest BCUT2D eigenvalue weighted by Crippen LogP contribution is 2.46. The second-order valence-electron chi connectivity index (χ2n) is 12.2. The molecule has 196 valence electrons. The molecule has 0 bridgehead atoms. The summed E-state index contributed by atoms with van der Waals surface area (Å²) in [5, 5.41) is 5.12. The highest BCUT2D eigenvalue weighted by Gasteiger charge is 2.53. The van der Waals surface area contributed by atoms with E-state index < -0.39 is 8.32 Å². The molecule has 1 aromatic carbocycles. The molecule has 6 rings (SSSR count). The molecule has 1 saturated heterocycles. The first-order valence-electron chi connectivity index (χ1n) is 13.3. The predicted molar refractivity (Wildman–Crippen MR) is 151 cm³/mol. The summed E-state index contributed by atoms with van der Waals surface area (Å²) < 4.78 is 20.9. The van der Waals surface area contributed by atoms with Gasteiger partial charge in [-0.3, -0.25) is 0 Å². The van der Waals surface area contributed by atoms with Gasteiger partial charge in [-0.1, -0.05) is 45.0 Å². The van der Waals surface area contributed by atoms with Crippen LogP contribution in [0.1, 0.15) is 56.8 Å². The van der Waals surface area contributed by atoms with Crippen LogP contribution in [0.15, 0.2) is 42.9 Å². The normalized spacial score (nSPS) is 27.2. The van der Waals surface area contributed by atoms with Crippen LogP contribution in [0.2, 0.25) is 18.1 Å². The van der Waals surface area contributed by atoms with E-state index in [0.29, 0.717) is 6.61 Å². The zero-order chi connectivity index (χ0) is 25.9. The van der Waals surface area contributed by atoms with E-state index in [0.717, 1.165) is 36.1 Å². The van der Waals surface area contributed by atoms with Gasteiger partial charge < -0.3 is 23.8 Å². The van der Waals surface area contributed by atoms with Crippen LogP contribution in [0.4, 0.5) is 5.82 Å². The summed E-state index contributed by atoms with van der Waals surface area (Å²) >= 11 is 5.33. The quantitative estimate of drug-likeness (QED) is 0.298. The molecule has 0 amide bonds. The minimum absolute atomic E-state index is 0.0610. The Morgan fingerprint density at radius 1 is 1.14 bits per heavy atom. The van der Waals surface area contributed by atoms with E-state index in [1.807, 2.05) is 0 Å². The molecule has 2 aliphatic carbocycles. The van der Waals surface area contributed by atoms with Crippen LogP contribution in [0.5, 0.6) is 0 Å². The summed E-state index contributed by atoms with van der Waals surface area (Å²) in [7, 11) is -1.88. The van der Waals surface area contributed by atoms with E-state index >= 15 is 0 Å². The molecule has 1 aliphatic heterocycles. The fourth-order valence-corrected chi connectivity index (χ4v) is 7.10. The first kappa shape index (κ1) is 24.8. The molecule has 0 radical (unpaired) electrons. The summed E-state index contributed by atoms with van der Waals surface area (Å²) in [5.41, 5.74) is 3.68. The lowest BCUT2D eigenvalue weighted by Gasteiger charge is -2.37. The number of nitrogens with zero attached hydrogens (tertiary/aromatic N) is 3. The Hall–Kier alpha value is -2.49. The van der Waals surface area contributed by atoms with Crippen molar-refractivity contribution in [2.45, 2.75) is 82.5 Å². The lowest BCUT2D eigenvalue weighted by atomic mass is 10.1. The number of nitrogens with one attached hydrogen (secondary N) is 1. The van der Waals surface area contributed by atoms with Crippen molar-refractivity contribution in [1.82, 2.24) is 14.5 Å². The summed E-state index contributed by atoms with van der Waals surface area (Å²) in [6, 6.07) is 11.1. The van der Waals surface area contributed by atoms with Gasteiger partial charge in [0.25, 0.3) is 0 Å². The molecule has 3 aliphatic rings. The maximum Gasteiger partial charge on any atom is 0.353 e. The Morgan fingerprint density at radius 3 is 2.73 bits per heavy atom. The van der Waals surface area contributed by atoms with Crippen molar-refractivity contribution in [3.05, 3.63) is 54.0 Å². The second kappa shape index (κ2) is 9.06. The van der Waals surface area contributed by atoms with Gasteiger partial charge in [-0.05, 0) is 54.6 Å². The number of hydrogen-bond donors (Lipinski definition) is 1. The van der Waals surface area contributed by atoms with E-state index in [1.165, 1.54) is 11.1 Å². The van der Waals surface area contributed by atoms with Crippen molar-refractivity contribution in [2.75, 3.05) is 11.9 Å². The van der Waals surface area contributed by atoms with Crippen LogP contribution in [-0.4, -0.2) is 46.9 Å². The third kappa shape index (κ3) is 4.34. The SMILES string of the molecule is CC(C)(C)[Si](C)(C)OC[C@@H]1C[C@@H](n2ccc3c(N[C@H]4CCc5ccccc54)ncnc32)[C@@H]2OC(=S)O[C@H]12. The van der Waals surface area contributed by atoms with Crippen molar-refractivity contribution < 1.29 is 13.9 Å². The van der Waals surface area contributed by atoms with Crippen LogP contribution in [0.3, 0.4) is 0 Å². The monoisotopic (exact) mass is 536 g/mol. The Kier molecular flexibility index (Phi) is 6.08. The van der Waals surface area contributed by atoms with Crippen molar-refractivity contribution in [3.8, 4) is 0 Å². The van der Waals surface area contributed by atoms with E-state index in [-0.39, 0.29) is 40.5 Å². The van der Waals surface area contributed by atoms with Crippen molar-refractivity contribution in [3.63, 3.8) is 0 Å². The molecule has 2 aromatic heterocycles. The van der Waals surface area contributed by atoms with Crippen LogP contribution in [-0.2, 0) is 20.3 Å². The highest BCUT2D eigenvalue weighted by molar-refractivity contribution is 7.79. The Bertz CT molecular complexity index is 1340. The zero-order valence-corrected chi connectivity index (χ0v) is 24.0. The minimum Gasteiger partial charge on any atom is -0.449 e. The average molecular weight is 537 g/mol. The average Bonchev–Trinajstić information content (AvgIpc) is 3.61. The number of aryl methyl sites for hydroxylation is 1. The number of thiocarbonyl (C=S) groups is 1. The fraction of sp³-hybridized carbons (Fsp3) is 0.536. The van der Waals surface area contributed by atoms with Crippen molar-refractivity contribution in [2.24, 2.45) is 5.92 Å². The van der Waals surface area contributed by atoms with E-state index in [2.05, 4.69) is 85.3 Å². The molecule has 9 heteroatoms. The standard InChI is InChI=1S/C28H36N4O3SSi/c1-28(2,3)37(4,5)33-15-18-14-22(24-23(18)34-27(36)35-24)32-13-12-20-25(29-16-30-26(20)32)31-21-11-10-17-8-6-7-9-19(17)21/h6-9,12-13,16,18,21-24H,10-11,14-15H2,1-5H3,(H,29,30,31)/t18-,21-,22+,23+,24-/m0/s1. The molecule has 0 unspecified atom stereocenters.